The average Bonchev–Trinajstić information content (AvgIpc) is 3.02. The number of aromatic nitrogens is 2. The lowest BCUT2D eigenvalue weighted by Gasteiger charge is -2.37. The number of nitrogens with one attached hydrogen (secondary N) is 2. The highest BCUT2D eigenvalue weighted by Crippen LogP contribution is 2.28. The molecule has 1 aromatic heterocycles. The molecule has 2 aromatic rings. The van der Waals surface area contributed by atoms with Gasteiger partial charge in [-0.25, -0.2) is 13.6 Å². The third-order valence-electron chi connectivity index (χ3n) is 4.09. The summed E-state index contributed by atoms with van der Waals surface area (Å²) in [7, 11) is 1.51. The fraction of sp³-hybridized carbons (Fsp3) is 0.412. The van der Waals surface area contributed by atoms with E-state index in [1.54, 1.807) is 0 Å². The zero-order valence-corrected chi connectivity index (χ0v) is 14.2. The summed E-state index contributed by atoms with van der Waals surface area (Å²) < 4.78 is 38.6. The van der Waals surface area contributed by atoms with Crippen molar-refractivity contribution in [3.05, 3.63) is 47.8 Å². The van der Waals surface area contributed by atoms with Crippen LogP contribution in [-0.2, 0) is 22.1 Å². The molecule has 9 heteroatoms. The number of ether oxygens (including phenoxy) is 2. The Balaban J connectivity index is 1.69. The summed E-state index contributed by atoms with van der Waals surface area (Å²) in [6.45, 7) is 1.30. The first kappa shape index (κ1) is 18.3. The molecule has 0 radical (unpaired) electrons. The first-order valence-electron chi connectivity index (χ1n) is 8.14. The van der Waals surface area contributed by atoms with Crippen molar-refractivity contribution in [2.24, 2.45) is 7.05 Å². The van der Waals surface area contributed by atoms with Crippen LogP contribution in [0.5, 0.6) is 0 Å². The lowest BCUT2D eigenvalue weighted by atomic mass is 9.93. The van der Waals surface area contributed by atoms with E-state index in [-0.39, 0.29) is 18.8 Å². The van der Waals surface area contributed by atoms with Crippen molar-refractivity contribution >= 4 is 11.7 Å². The Bertz CT molecular complexity index is 746. The number of amides is 2. The minimum atomic E-state index is -2.78. The summed E-state index contributed by atoms with van der Waals surface area (Å²) in [6, 6.07) is 8.80. The summed E-state index contributed by atoms with van der Waals surface area (Å²) >= 11 is 0. The predicted octanol–water partition coefficient (Wildman–Crippen LogP) is 2.42. The molecular formula is C17H20F2N4O3. The van der Waals surface area contributed by atoms with Gasteiger partial charge in [0.2, 0.25) is 0 Å². The predicted molar refractivity (Wildman–Crippen MR) is 90.1 cm³/mol. The standard InChI is InChI=1S/C17H20F2N4O3/c1-23-9-13(14(22-23)15(18)19)21-16(24)20-10-17(11-25-7-8-26-17)12-5-3-2-4-6-12/h2-6,9,15H,7-8,10-11H2,1H3,(H2,20,21,24). The van der Waals surface area contributed by atoms with Gasteiger partial charge in [-0.1, -0.05) is 30.3 Å². The Kier molecular flexibility index (Phi) is 5.48. The van der Waals surface area contributed by atoms with Crippen LogP contribution >= 0.6 is 0 Å². The molecule has 1 saturated heterocycles. The fourth-order valence-electron chi connectivity index (χ4n) is 2.84. The Labute approximate surface area is 149 Å². The second kappa shape index (κ2) is 7.79. The molecule has 1 unspecified atom stereocenters. The van der Waals surface area contributed by atoms with Gasteiger partial charge in [-0.15, -0.1) is 0 Å². The number of rotatable bonds is 5. The highest BCUT2D eigenvalue weighted by atomic mass is 19.3. The second-order valence-corrected chi connectivity index (χ2v) is 5.97. The van der Waals surface area contributed by atoms with E-state index in [9.17, 15) is 13.6 Å². The summed E-state index contributed by atoms with van der Waals surface area (Å²) in [5.74, 6) is 0. The van der Waals surface area contributed by atoms with Gasteiger partial charge >= 0.3 is 6.03 Å². The molecule has 26 heavy (non-hydrogen) atoms. The number of alkyl halides is 2. The van der Waals surface area contributed by atoms with E-state index in [1.165, 1.54) is 17.9 Å². The zero-order chi connectivity index (χ0) is 18.6. The van der Waals surface area contributed by atoms with Crippen molar-refractivity contribution < 1.29 is 23.0 Å². The van der Waals surface area contributed by atoms with Crippen LogP contribution in [-0.4, -0.2) is 42.2 Å². The van der Waals surface area contributed by atoms with Gasteiger partial charge in [0.25, 0.3) is 6.43 Å². The third kappa shape index (κ3) is 4.00. The van der Waals surface area contributed by atoms with Gasteiger partial charge in [0.1, 0.15) is 5.60 Å². The molecule has 140 valence electrons. The molecule has 2 heterocycles. The SMILES string of the molecule is Cn1cc(NC(=O)NCC2(c3ccccc3)COCCO2)c(C(F)F)n1. The van der Waals surface area contributed by atoms with Crippen LogP contribution in [0, 0.1) is 0 Å². The summed E-state index contributed by atoms with van der Waals surface area (Å²) in [5, 5.41) is 8.74. The molecule has 1 aliphatic heterocycles. The lowest BCUT2D eigenvalue weighted by Crippen LogP contribution is -2.50. The first-order valence-corrected chi connectivity index (χ1v) is 8.14. The van der Waals surface area contributed by atoms with Crippen molar-refractivity contribution in [2.45, 2.75) is 12.0 Å². The van der Waals surface area contributed by atoms with Gasteiger partial charge in [-0.2, -0.15) is 5.10 Å². The van der Waals surface area contributed by atoms with Crippen LogP contribution < -0.4 is 10.6 Å². The molecule has 0 saturated carbocycles. The maximum Gasteiger partial charge on any atom is 0.319 e. The molecule has 2 amide bonds. The number of benzene rings is 1. The summed E-state index contributed by atoms with van der Waals surface area (Å²) in [4.78, 5) is 12.2. The lowest BCUT2D eigenvalue weighted by molar-refractivity contribution is -0.159. The molecular weight excluding hydrogens is 346 g/mol. The largest absolute Gasteiger partial charge is 0.376 e. The van der Waals surface area contributed by atoms with Crippen molar-refractivity contribution in [1.82, 2.24) is 15.1 Å². The first-order chi connectivity index (χ1) is 12.5. The van der Waals surface area contributed by atoms with E-state index in [2.05, 4.69) is 15.7 Å². The molecule has 1 fully saturated rings. The van der Waals surface area contributed by atoms with Crippen LogP contribution in [0.25, 0.3) is 0 Å². The van der Waals surface area contributed by atoms with Crippen LogP contribution in [0.1, 0.15) is 17.7 Å². The molecule has 1 aliphatic rings. The van der Waals surface area contributed by atoms with E-state index >= 15 is 0 Å². The smallest absolute Gasteiger partial charge is 0.319 e. The van der Waals surface area contributed by atoms with Crippen molar-refractivity contribution in [3.8, 4) is 0 Å². The maximum atomic E-state index is 13.0. The summed E-state index contributed by atoms with van der Waals surface area (Å²) in [6.07, 6.45) is -1.45. The number of carbonyl (C=O) groups excluding carboxylic acids is 1. The van der Waals surface area contributed by atoms with Crippen molar-refractivity contribution in [2.75, 3.05) is 31.7 Å². The summed E-state index contributed by atoms with van der Waals surface area (Å²) in [5.41, 5.74) is -0.459. The van der Waals surface area contributed by atoms with E-state index in [0.29, 0.717) is 13.2 Å². The van der Waals surface area contributed by atoms with E-state index < -0.39 is 23.8 Å². The van der Waals surface area contributed by atoms with Crippen molar-refractivity contribution in [3.63, 3.8) is 0 Å². The molecule has 2 N–H and O–H groups in total. The number of urea groups is 1. The third-order valence-corrected chi connectivity index (χ3v) is 4.09. The zero-order valence-electron chi connectivity index (χ0n) is 14.2. The molecule has 3 rings (SSSR count). The van der Waals surface area contributed by atoms with Gasteiger partial charge < -0.3 is 20.1 Å². The average molecular weight is 366 g/mol. The maximum absolute atomic E-state index is 13.0. The van der Waals surface area contributed by atoms with Gasteiger partial charge in [0.05, 0.1) is 32.1 Å². The van der Waals surface area contributed by atoms with Gasteiger partial charge in [0, 0.05) is 13.2 Å². The Morgan fingerprint density at radius 3 is 2.77 bits per heavy atom. The van der Waals surface area contributed by atoms with Crippen molar-refractivity contribution in [1.29, 1.82) is 0 Å². The Morgan fingerprint density at radius 2 is 2.12 bits per heavy atom. The molecule has 0 bridgehead atoms. The second-order valence-electron chi connectivity index (χ2n) is 5.97. The monoisotopic (exact) mass is 366 g/mol. The highest BCUT2D eigenvalue weighted by molar-refractivity contribution is 5.89. The van der Waals surface area contributed by atoms with Crippen LogP contribution in [0.4, 0.5) is 19.3 Å². The fourth-order valence-corrected chi connectivity index (χ4v) is 2.84. The Hall–Kier alpha value is -2.52. The topological polar surface area (TPSA) is 77.4 Å². The number of carbonyl (C=O) groups is 1. The van der Waals surface area contributed by atoms with Crippen LogP contribution in [0.3, 0.4) is 0 Å². The van der Waals surface area contributed by atoms with E-state index in [4.69, 9.17) is 9.47 Å². The normalized spacial score (nSPS) is 20.2. The molecule has 7 nitrogen and oxygen atoms in total. The van der Waals surface area contributed by atoms with Crippen LogP contribution in [0.15, 0.2) is 36.5 Å². The number of hydrogen-bond donors (Lipinski definition) is 2. The number of halogens is 2. The quantitative estimate of drug-likeness (QED) is 0.852. The number of anilines is 1. The molecule has 0 spiro atoms. The minimum absolute atomic E-state index is 0.0328. The van der Waals surface area contributed by atoms with Gasteiger partial charge in [0.15, 0.2) is 5.69 Å². The number of nitrogens with zero attached hydrogens (tertiary/aromatic N) is 2. The van der Waals surface area contributed by atoms with E-state index in [1.807, 2.05) is 30.3 Å². The molecule has 1 aromatic carbocycles. The van der Waals surface area contributed by atoms with Crippen LogP contribution in [0.2, 0.25) is 0 Å². The Morgan fingerprint density at radius 1 is 1.35 bits per heavy atom. The highest BCUT2D eigenvalue weighted by Gasteiger charge is 2.36. The van der Waals surface area contributed by atoms with E-state index in [0.717, 1.165) is 5.56 Å². The number of hydrogen-bond acceptors (Lipinski definition) is 4. The molecule has 0 aliphatic carbocycles. The van der Waals surface area contributed by atoms with Gasteiger partial charge in [-0.05, 0) is 5.56 Å². The minimum Gasteiger partial charge on any atom is -0.376 e. The van der Waals surface area contributed by atoms with Gasteiger partial charge in [-0.3, -0.25) is 4.68 Å². The number of aryl methyl sites for hydroxylation is 1. The molecule has 1 atom stereocenters.